The number of hydrogen-bond donors (Lipinski definition) is 1. The number of rotatable bonds is 5. The standard InChI is InChI=1S/C27H25N3O2.C15H21BO2/c1-30-25(31)27(29-26(30)28)16-24(18-6-3-2-4-7-18)32-23-13-12-21(15-22(23)27)20-9-5-8-19(14-20)17-10-11-17;1-14(2)15(3,4)18-16(17-14)13-7-5-6-12(10-13)11-8-9-11/h2-9,12-15,17,24H,10-11,16H2,1H3,(H2,28,29);5-7,10-11H,8-9H2,1-4H3. The summed E-state index contributed by atoms with van der Waals surface area (Å²) in [6.07, 6.45) is 5.32. The molecular weight excluding hydrogens is 621 g/mol. The topological polar surface area (TPSA) is 86.4 Å². The molecule has 1 saturated heterocycles. The Bertz CT molecular complexity index is 1950. The molecule has 2 N–H and O–H groups in total. The maximum atomic E-state index is 13.5. The van der Waals surface area contributed by atoms with Crippen LogP contribution >= 0.6 is 0 Å². The van der Waals surface area contributed by atoms with Crippen LogP contribution in [0.4, 0.5) is 0 Å². The van der Waals surface area contributed by atoms with Crippen molar-refractivity contribution in [3.8, 4) is 16.9 Å². The highest BCUT2D eigenvalue weighted by Gasteiger charge is 2.54. The van der Waals surface area contributed by atoms with E-state index in [1.807, 2.05) is 36.4 Å². The number of hydrogen-bond acceptors (Lipinski definition) is 6. The number of likely N-dealkylation sites (N-methyl/N-ethyl adjacent to an activating group) is 1. The first-order valence-corrected chi connectivity index (χ1v) is 18.0. The third kappa shape index (κ3) is 5.92. The van der Waals surface area contributed by atoms with Crippen LogP contribution in [0.1, 0.15) is 100.0 Å². The summed E-state index contributed by atoms with van der Waals surface area (Å²) < 4.78 is 18.6. The Balaban J connectivity index is 0.000000170. The normalized spacial score (nSPS) is 24.7. The molecule has 3 fully saturated rings. The van der Waals surface area contributed by atoms with Crippen molar-refractivity contribution in [2.24, 2.45) is 10.7 Å². The monoisotopic (exact) mass is 667 g/mol. The van der Waals surface area contributed by atoms with E-state index in [-0.39, 0.29) is 36.3 Å². The Hall–Kier alpha value is -4.40. The van der Waals surface area contributed by atoms with Gasteiger partial charge in [-0.2, -0.15) is 0 Å². The highest BCUT2D eigenvalue weighted by Crippen LogP contribution is 2.51. The molecule has 5 aliphatic rings. The van der Waals surface area contributed by atoms with E-state index in [9.17, 15) is 4.79 Å². The second-order valence-electron chi connectivity index (χ2n) is 15.6. The van der Waals surface area contributed by atoms with Crippen molar-refractivity contribution in [1.82, 2.24) is 4.90 Å². The molecule has 4 aromatic carbocycles. The van der Waals surface area contributed by atoms with E-state index in [1.165, 1.54) is 41.7 Å². The largest absolute Gasteiger partial charge is 0.494 e. The highest BCUT2D eigenvalue weighted by atomic mass is 16.7. The highest BCUT2D eigenvalue weighted by molar-refractivity contribution is 6.62. The molecule has 7 nitrogen and oxygen atoms in total. The van der Waals surface area contributed by atoms with Crippen LogP contribution in [-0.4, -0.2) is 42.1 Å². The zero-order valence-electron chi connectivity index (χ0n) is 29.7. The van der Waals surface area contributed by atoms with E-state index in [0.29, 0.717) is 18.1 Å². The fourth-order valence-electron chi connectivity index (χ4n) is 7.31. The van der Waals surface area contributed by atoms with Crippen molar-refractivity contribution in [3.63, 3.8) is 0 Å². The lowest BCUT2D eigenvalue weighted by Crippen LogP contribution is -2.43. The molecule has 2 atom stereocenters. The van der Waals surface area contributed by atoms with Gasteiger partial charge in [-0.15, -0.1) is 0 Å². The summed E-state index contributed by atoms with van der Waals surface area (Å²) in [7, 11) is 1.46. The van der Waals surface area contributed by atoms with Gasteiger partial charge in [-0.3, -0.25) is 9.69 Å². The quantitative estimate of drug-likeness (QED) is 0.222. The van der Waals surface area contributed by atoms with Crippen LogP contribution < -0.4 is 15.9 Å². The molecule has 8 heteroatoms. The summed E-state index contributed by atoms with van der Waals surface area (Å²) in [5.41, 5.74) is 12.5. The average molecular weight is 668 g/mol. The number of guanidine groups is 1. The maximum Gasteiger partial charge on any atom is 0.494 e. The molecule has 2 saturated carbocycles. The second-order valence-corrected chi connectivity index (χ2v) is 15.6. The first kappa shape index (κ1) is 32.8. The van der Waals surface area contributed by atoms with Crippen LogP contribution in [-0.2, 0) is 19.6 Å². The number of carbonyl (C=O) groups excluding carboxylic acids is 1. The van der Waals surface area contributed by atoms with Crippen LogP contribution in [0.25, 0.3) is 11.1 Å². The van der Waals surface area contributed by atoms with E-state index in [2.05, 4.69) is 88.4 Å². The first-order chi connectivity index (χ1) is 23.9. The summed E-state index contributed by atoms with van der Waals surface area (Å²) in [6, 6.07) is 33.5. The van der Waals surface area contributed by atoms with Crippen LogP contribution in [0.3, 0.4) is 0 Å². The molecule has 2 aliphatic carbocycles. The van der Waals surface area contributed by atoms with Crippen molar-refractivity contribution < 1.29 is 18.8 Å². The van der Waals surface area contributed by atoms with Gasteiger partial charge in [0.05, 0.1) is 11.2 Å². The summed E-state index contributed by atoms with van der Waals surface area (Å²) in [5, 5.41) is 0. The zero-order chi connectivity index (χ0) is 34.8. The minimum Gasteiger partial charge on any atom is -0.485 e. The van der Waals surface area contributed by atoms with E-state index < -0.39 is 5.54 Å². The fraction of sp³-hybridized carbons (Fsp3) is 0.381. The minimum absolute atomic E-state index is 0.107. The van der Waals surface area contributed by atoms with Gasteiger partial charge in [0, 0.05) is 19.0 Å². The Morgan fingerprint density at radius 2 is 1.34 bits per heavy atom. The van der Waals surface area contributed by atoms with Crippen molar-refractivity contribution in [2.75, 3.05) is 7.05 Å². The van der Waals surface area contributed by atoms with Gasteiger partial charge < -0.3 is 19.8 Å². The molecular formula is C42H46BN3O4. The molecule has 3 aliphatic heterocycles. The van der Waals surface area contributed by atoms with Gasteiger partial charge in [-0.25, -0.2) is 4.99 Å². The number of amides is 1. The molecule has 50 heavy (non-hydrogen) atoms. The number of fused-ring (bicyclic) bond motifs is 2. The number of carbonyl (C=O) groups is 1. The van der Waals surface area contributed by atoms with Gasteiger partial charge in [0.25, 0.3) is 5.91 Å². The molecule has 3 heterocycles. The maximum absolute atomic E-state index is 13.5. The number of aliphatic imine (C=N–C) groups is 1. The number of nitrogens with two attached hydrogens (primary N) is 1. The molecule has 0 aromatic heterocycles. The van der Waals surface area contributed by atoms with Crippen molar-refractivity contribution >= 4 is 24.4 Å². The van der Waals surface area contributed by atoms with Gasteiger partial charge >= 0.3 is 7.12 Å². The molecule has 0 radical (unpaired) electrons. The second kappa shape index (κ2) is 12.1. The molecule has 9 rings (SSSR count). The molecule has 1 amide bonds. The van der Waals surface area contributed by atoms with E-state index in [4.69, 9.17) is 24.8 Å². The summed E-state index contributed by atoms with van der Waals surface area (Å²) >= 11 is 0. The number of nitrogens with zero attached hydrogens (tertiary/aromatic N) is 2. The minimum atomic E-state index is -1.07. The average Bonchev–Trinajstić information content (AvgIpc) is 4.05. The lowest BCUT2D eigenvalue weighted by Gasteiger charge is -2.37. The van der Waals surface area contributed by atoms with Crippen molar-refractivity contribution in [1.29, 1.82) is 0 Å². The number of benzene rings is 4. The van der Waals surface area contributed by atoms with E-state index in [0.717, 1.165) is 33.6 Å². The molecule has 4 aromatic rings. The van der Waals surface area contributed by atoms with Crippen LogP contribution in [0, 0.1) is 0 Å². The third-order valence-electron chi connectivity index (χ3n) is 11.4. The smallest absolute Gasteiger partial charge is 0.485 e. The van der Waals surface area contributed by atoms with Gasteiger partial charge in [-0.05, 0) is 111 Å². The Morgan fingerprint density at radius 3 is 1.96 bits per heavy atom. The lowest BCUT2D eigenvalue weighted by atomic mass is 9.78. The van der Waals surface area contributed by atoms with E-state index >= 15 is 0 Å². The lowest BCUT2D eigenvalue weighted by molar-refractivity contribution is -0.132. The van der Waals surface area contributed by atoms with Crippen LogP contribution in [0.15, 0.2) is 102 Å². The number of ether oxygens (including phenoxy) is 1. The third-order valence-corrected chi connectivity index (χ3v) is 11.4. The molecule has 2 unspecified atom stereocenters. The van der Waals surface area contributed by atoms with Gasteiger partial charge in [-0.1, -0.05) is 84.9 Å². The molecule has 256 valence electrons. The first-order valence-electron chi connectivity index (χ1n) is 18.0. The summed E-state index contributed by atoms with van der Waals surface area (Å²) in [4.78, 5) is 19.7. The zero-order valence-corrected chi connectivity index (χ0v) is 29.7. The van der Waals surface area contributed by atoms with Crippen molar-refractivity contribution in [3.05, 3.63) is 119 Å². The fourth-order valence-corrected chi connectivity index (χ4v) is 7.31. The predicted octanol–water partition coefficient (Wildman–Crippen LogP) is 7.60. The Kier molecular flexibility index (Phi) is 7.96. The summed E-state index contributed by atoms with van der Waals surface area (Å²) in [6.45, 7) is 8.38. The van der Waals surface area contributed by atoms with Gasteiger partial charge in [0.15, 0.2) is 11.5 Å². The van der Waals surface area contributed by atoms with Gasteiger partial charge in [0.1, 0.15) is 11.9 Å². The van der Waals surface area contributed by atoms with Crippen LogP contribution in [0.5, 0.6) is 5.75 Å². The molecule has 0 bridgehead atoms. The van der Waals surface area contributed by atoms with E-state index in [1.54, 1.807) is 7.05 Å². The van der Waals surface area contributed by atoms with Crippen molar-refractivity contribution in [2.45, 2.75) is 94.5 Å². The Morgan fingerprint density at radius 1 is 0.740 bits per heavy atom. The summed E-state index contributed by atoms with van der Waals surface area (Å²) in [5.74, 6) is 2.28. The van der Waals surface area contributed by atoms with Crippen LogP contribution in [0.2, 0.25) is 0 Å². The Labute approximate surface area is 296 Å². The molecule has 1 spiro atoms. The van der Waals surface area contributed by atoms with Gasteiger partial charge in [0.2, 0.25) is 0 Å². The SMILES string of the molecule is CC1(C)OB(c2cccc(C3CC3)c2)OC1(C)C.CN1C(=O)C2(CC(c3ccccc3)Oc3ccc(-c4cccc(C5CC5)c4)cc32)N=C1N. The predicted molar refractivity (Wildman–Crippen MR) is 198 cm³/mol.